The van der Waals surface area contributed by atoms with Crippen molar-refractivity contribution in [1.29, 1.82) is 0 Å². The SMILES string of the molecule is CCn1nccc1S(=O)(=O)N[C@@H](COC)c1ccccn1. The van der Waals surface area contributed by atoms with E-state index in [2.05, 4.69) is 14.8 Å². The summed E-state index contributed by atoms with van der Waals surface area (Å²) >= 11 is 0. The van der Waals surface area contributed by atoms with Crippen molar-refractivity contribution in [3.8, 4) is 0 Å². The smallest absolute Gasteiger partial charge is 0.258 e. The number of pyridine rings is 1. The molecule has 0 bridgehead atoms. The molecule has 2 heterocycles. The molecule has 0 unspecified atom stereocenters. The predicted octanol–water partition coefficient (Wildman–Crippen LogP) is 0.964. The summed E-state index contributed by atoms with van der Waals surface area (Å²) in [6.45, 7) is 2.50. The lowest BCUT2D eigenvalue weighted by molar-refractivity contribution is 0.174. The van der Waals surface area contributed by atoms with Gasteiger partial charge in [-0.2, -0.15) is 9.82 Å². The highest BCUT2D eigenvalue weighted by molar-refractivity contribution is 7.89. The van der Waals surface area contributed by atoms with E-state index in [0.29, 0.717) is 12.2 Å². The van der Waals surface area contributed by atoms with Crippen LogP contribution in [0.4, 0.5) is 0 Å². The Hall–Kier alpha value is -1.77. The van der Waals surface area contributed by atoms with Gasteiger partial charge in [0.1, 0.15) is 0 Å². The predicted molar refractivity (Wildman–Crippen MR) is 77.1 cm³/mol. The number of rotatable bonds is 7. The molecule has 0 aromatic carbocycles. The molecule has 7 nitrogen and oxygen atoms in total. The van der Waals surface area contributed by atoms with Crippen LogP contribution >= 0.6 is 0 Å². The van der Waals surface area contributed by atoms with Crippen LogP contribution in [0, 0.1) is 0 Å². The van der Waals surface area contributed by atoms with E-state index in [9.17, 15) is 8.42 Å². The Kier molecular flexibility index (Phi) is 5.05. The molecule has 2 rings (SSSR count). The lowest BCUT2D eigenvalue weighted by Crippen LogP contribution is -2.33. The van der Waals surface area contributed by atoms with Gasteiger partial charge in [0.25, 0.3) is 10.0 Å². The van der Waals surface area contributed by atoms with Gasteiger partial charge >= 0.3 is 0 Å². The first-order valence-corrected chi connectivity index (χ1v) is 8.00. The van der Waals surface area contributed by atoms with Crippen LogP contribution in [0.2, 0.25) is 0 Å². The Balaban J connectivity index is 2.28. The molecule has 0 amide bonds. The number of nitrogens with one attached hydrogen (secondary N) is 1. The molecule has 1 atom stereocenters. The average molecular weight is 310 g/mol. The number of sulfonamides is 1. The van der Waals surface area contributed by atoms with Crippen LogP contribution in [0.15, 0.2) is 41.7 Å². The second-order valence-electron chi connectivity index (χ2n) is 4.37. The maximum Gasteiger partial charge on any atom is 0.258 e. The Labute approximate surface area is 124 Å². The summed E-state index contributed by atoms with van der Waals surface area (Å²) in [4.78, 5) is 4.18. The molecule has 8 heteroatoms. The fourth-order valence-electron chi connectivity index (χ4n) is 1.96. The molecule has 114 valence electrons. The minimum Gasteiger partial charge on any atom is -0.383 e. The Morgan fingerprint density at radius 1 is 1.33 bits per heavy atom. The van der Waals surface area contributed by atoms with Gasteiger partial charge in [0.05, 0.1) is 24.5 Å². The fraction of sp³-hybridized carbons (Fsp3) is 0.385. The van der Waals surface area contributed by atoms with Gasteiger partial charge in [0, 0.05) is 19.9 Å². The van der Waals surface area contributed by atoms with Gasteiger partial charge in [-0.3, -0.25) is 9.67 Å². The van der Waals surface area contributed by atoms with Gasteiger partial charge in [-0.05, 0) is 25.1 Å². The van der Waals surface area contributed by atoms with E-state index in [0.717, 1.165) is 0 Å². The van der Waals surface area contributed by atoms with Crippen LogP contribution in [0.3, 0.4) is 0 Å². The lowest BCUT2D eigenvalue weighted by atomic mass is 10.2. The van der Waals surface area contributed by atoms with Crippen molar-refractivity contribution in [2.45, 2.75) is 24.5 Å². The standard InChI is InChI=1S/C13H18N4O3S/c1-3-17-13(7-9-15-17)21(18,19)16-12(10-20-2)11-6-4-5-8-14-11/h4-9,12,16H,3,10H2,1-2H3/t12-/m0/s1. The highest BCUT2D eigenvalue weighted by Gasteiger charge is 2.25. The van der Waals surface area contributed by atoms with E-state index in [4.69, 9.17) is 4.74 Å². The first kappa shape index (κ1) is 15.6. The fourth-order valence-corrected chi connectivity index (χ4v) is 3.34. The topological polar surface area (TPSA) is 86.1 Å². The minimum absolute atomic E-state index is 0.127. The third-order valence-corrected chi connectivity index (χ3v) is 4.42. The zero-order valence-corrected chi connectivity index (χ0v) is 12.7. The molecule has 0 radical (unpaired) electrons. The summed E-state index contributed by atoms with van der Waals surface area (Å²) in [5.41, 5.74) is 0.602. The molecule has 0 spiro atoms. The Bertz CT molecular complexity index is 670. The maximum atomic E-state index is 12.5. The number of methoxy groups -OCH3 is 1. The number of hydrogen-bond donors (Lipinski definition) is 1. The van der Waals surface area contributed by atoms with Crippen molar-refractivity contribution in [2.75, 3.05) is 13.7 Å². The molecule has 0 aliphatic rings. The van der Waals surface area contributed by atoms with Crippen LogP contribution in [0.25, 0.3) is 0 Å². The molecule has 2 aromatic rings. The van der Waals surface area contributed by atoms with Crippen molar-refractivity contribution < 1.29 is 13.2 Å². The molecular formula is C13H18N4O3S. The van der Waals surface area contributed by atoms with Gasteiger partial charge in [0.2, 0.25) is 0 Å². The molecule has 2 aromatic heterocycles. The Morgan fingerprint density at radius 2 is 2.14 bits per heavy atom. The summed E-state index contributed by atoms with van der Waals surface area (Å²) in [7, 11) is -2.18. The number of aromatic nitrogens is 3. The number of aryl methyl sites for hydroxylation is 1. The van der Waals surface area contributed by atoms with E-state index in [1.54, 1.807) is 24.4 Å². The quantitative estimate of drug-likeness (QED) is 0.823. The van der Waals surface area contributed by atoms with Gasteiger partial charge < -0.3 is 4.74 Å². The largest absolute Gasteiger partial charge is 0.383 e. The van der Waals surface area contributed by atoms with Crippen molar-refractivity contribution in [3.63, 3.8) is 0 Å². The summed E-state index contributed by atoms with van der Waals surface area (Å²) in [5.74, 6) is 0. The monoisotopic (exact) mass is 310 g/mol. The first-order valence-electron chi connectivity index (χ1n) is 6.52. The van der Waals surface area contributed by atoms with Crippen LogP contribution in [0.1, 0.15) is 18.7 Å². The Morgan fingerprint density at radius 3 is 2.76 bits per heavy atom. The van der Waals surface area contributed by atoms with E-state index < -0.39 is 16.1 Å². The number of nitrogens with zero attached hydrogens (tertiary/aromatic N) is 3. The lowest BCUT2D eigenvalue weighted by Gasteiger charge is -2.17. The first-order chi connectivity index (χ1) is 10.1. The van der Waals surface area contributed by atoms with Crippen molar-refractivity contribution in [1.82, 2.24) is 19.5 Å². The van der Waals surface area contributed by atoms with Gasteiger partial charge in [-0.15, -0.1) is 0 Å². The van der Waals surface area contributed by atoms with E-state index >= 15 is 0 Å². The number of ether oxygens (including phenoxy) is 1. The molecule has 0 saturated carbocycles. The van der Waals surface area contributed by atoms with E-state index in [1.807, 2.05) is 6.92 Å². The number of hydrogen-bond acceptors (Lipinski definition) is 5. The van der Waals surface area contributed by atoms with Crippen LogP contribution in [0.5, 0.6) is 0 Å². The van der Waals surface area contributed by atoms with Crippen molar-refractivity contribution >= 4 is 10.0 Å². The van der Waals surface area contributed by atoms with Crippen molar-refractivity contribution in [2.24, 2.45) is 0 Å². The van der Waals surface area contributed by atoms with Crippen LogP contribution in [-0.2, 0) is 21.3 Å². The van der Waals surface area contributed by atoms with Crippen LogP contribution in [-0.4, -0.2) is 36.9 Å². The molecule has 0 fully saturated rings. The van der Waals surface area contributed by atoms with E-state index in [-0.39, 0.29) is 11.6 Å². The molecule has 1 N–H and O–H groups in total. The zero-order valence-electron chi connectivity index (χ0n) is 11.9. The summed E-state index contributed by atoms with van der Waals surface area (Å²) in [6.07, 6.45) is 3.08. The molecular weight excluding hydrogens is 292 g/mol. The normalized spacial score (nSPS) is 13.2. The van der Waals surface area contributed by atoms with Crippen molar-refractivity contribution in [3.05, 3.63) is 42.4 Å². The molecule has 0 aliphatic heterocycles. The maximum absolute atomic E-state index is 12.5. The molecule has 21 heavy (non-hydrogen) atoms. The second-order valence-corrected chi connectivity index (χ2v) is 6.03. The van der Waals surface area contributed by atoms with Gasteiger partial charge in [0.15, 0.2) is 5.03 Å². The average Bonchev–Trinajstić information content (AvgIpc) is 2.97. The summed E-state index contributed by atoms with van der Waals surface area (Å²) in [5, 5.41) is 4.10. The molecule has 0 saturated heterocycles. The third kappa shape index (κ3) is 3.66. The molecule has 0 aliphatic carbocycles. The van der Waals surface area contributed by atoms with Gasteiger partial charge in [-0.1, -0.05) is 6.07 Å². The zero-order chi connectivity index (χ0) is 15.3. The second kappa shape index (κ2) is 6.79. The van der Waals surface area contributed by atoms with E-state index in [1.165, 1.54) is 24.1 Å². The minimum atomic E-state index is -3.70. The van der Waals surface area contributed by atoms with Gasteiger partial charge in [-0.25, -0.2) is 8.42 Å². The highest BCUT2D eigenvalue weighted by atomic mass is 32.2. The highest BCUT2D eigenvalue weighted by Crippen LogP contribution is 2.15. The summed E-state index contributed by atoms with van der Waals surface area (Å²) < 4.78 is 34.1. The summed E-state index contributed by atoms with van der Waals surface area (Å²) in [6, 6.07) is 6.24. The van der Waals surface area contributed by atoms with Crippen LogP contribution < -0.4 is 4.72 Å². The third-order valence-electron chi connectivity index (χ3n) is 2.93.